The maximum Gasteiger partial charge on any atom is 0.301 e. The molecule has 3 heterocycles. The number of nitro groups is 1. The second kappa shape index (κ2) is 9.02. The minimum atomic E-state index is -1.12. The Morgan fingerprint density at radius 3 is 2.69 bits per heavy atom. The number of rotatable bonds is 5. The SMILES string of the molecule is COc1ccc(Cl)c(/C(O)=C2\C(=O)C(=O)N(c3nc4ccc([N+](=O)[O-])cc4s3)C2c2ccccn2)c1. The van der Waals surface area contributed by atoms with E-state index in [1.165, 1.54) is 43.6 Å². The van der Waals surface area contributed by atoms with E-state index in [4.69, 9.17) is 16.3 Å². The fourth-order valence-corrected chi connectivity index (χ4v) is 5.16. The molecule has 36 heavy (non-hydrogen) atoms. The molecule has 1 aliphatic rings. The van der Waals surface area contributed by atoms with Crippen molar-refractivity contribution >= 4 is 61.4 Å². The summed E-state index contributed by atoms with van der Waals surface area (Å²) in [7, 11) is 1.44. The van der Waals surface area contributed by atoms with E-state index in [-0.39, 0.29) is 27.0 Å². The number of pyridine rings is 1. The fraction of sp³-hybridized carbons (Fsp3) is 0.0833. The zero-order valence-corrected chi connectivity index (χ0v) is 20.0. The number of nitrogens with zero attached hydrogens (tertiary/aromatic N) is 4. The van der Waals surface area contributed by atoms with Gasteiger partial charge in [-0.2, -0.15) is 0 Å². The number of non-ortho nitro benzene ring substituents is 1. The zero-order valence-electron chi connectivity index (χ0n) is 18.4. The number of thiazole rings is 1. The number of ketones is 1. The zero-order chi connectivity index (χ0) is 25.6. The summed E-state index contributed by atoms with van der Waals surface area (Å²) in [5, 5.41) is 22.7. The number of amides is 1. The van der Waals surface area contributed by atoms with E-state index < -0.39 is 28.4 Å². The van der Waals surface area contributed by atoms with Crippen LogP contribution in [0.15, 0.2) is 66.4 Å². The number of methoxy groups -OCH3 is 1. The van der Waals surface area contributed by atoms with Crippen molar-refractivity contribution in [3.8, 4) is 5.75 Å². The number of nitro benzene ring substituents is 1. The lowest BCUT2D eigenvalue weighted by atomic mass is 9.98. The first kappa shape index (κ1) is 23.4. The molecule has 0 bridgehead atoms. The lowest BCUT2D eigenvalue weighted by Crippen LogP contribution is -2.29. The van der Waals surface area contributed by atoms with E-state index in [0.717, 1.165) is 16.2 Å². The molecule has 10 nitrogen and oxygen atoms in total. The first-order chi connectivity index (χ1) is 17.3. The highest BCUT2D eigenvalue weighted by atomic mass is 35.5. The van der Waals surface area contributed by atoms with Crippen molar-refractivity contribution in [3.63, 3.8) is 0 Å². The fourth-order valence-electron chi connectivity index (χ4n) is 3.92. The average Bonchev–Trinajstić information content (AvgIpc) is 3.42. The summed E-state index contributed by atoms with van der Waals surface area (Å²) in [4.78, 5) is 47.1. The molecule has 1 aliphatic heterocycles. The summed E-state index contributed by atoms with van der Waals surface area (Å²) >= 11 is 7.32. The minimum absolute atomic E-state index is 0.106. The smallest absolute Gasteiger partial charge is 0.301 e. The van der Waals surface area contributed by atoms with Crippen LogP contribution in [0, 0.1) is 10.1 Å². The highest BCUT2D eigenvalue weighted by Gasteiger charge is 2.49. The van der Waals surface area contributed by atoms with Crippen LogP contribution in [0.4, 0.5) is 10.8 Å². The van der Waals surface area contributed by atoms with Gasteiger partial charge in [-0.3, -0.25) is 29.6 Å². The Labute approximate surface area is 212 Å². The van der Waals surface area contributed by atoms with Gasteiger partial charge in [-0.25, -0.2) is 4.98 Å². The van der Waals surface area contributed by atoms with Gasteiger partial charge in [0.1, 0.15) is 17.6 Å². The molecule has 0 aliphatic carbocycles. The van der Waals surface area contributed by atoms with Gasteiger partial charge in [-0.05, 0) is 36.4 Å². The van der Waals surface area contributed by atoms with Crippen LogP contribution in [-0.4, -0.2) is 38.8 Å². The molecule has 0 spiro atoms. The van der Waals surface area contributed by atoms with Crippen LogP contribution >= 0.6 is 22.9 Å². The van der Waals surface area contributed by atoms with Crippen LogP contribution in [-0.2, 0) is 9.59 Å². The number of halogens is 1. The van der Waals surface area contributed by atoms with Crippen molar-refractivity contribution < 1.29 is 24.4 Å². The van der Waals surface area contributed by atoms with Gasteiger partial charge >= 0.3 is 5.91 Å². The Hall–Kier alpha value is -4.35. The lowest BCUT2D eigenvalue weighted by molar-refractivity contribution is -0.384. The third kappa shape index (κ3) is 3.84. The van der Waals surface area contributed by atoms with Crippen molar-refractivity contribution in [2.45, 2.75) is 6.04 Å². The molecule has 0 radical (unpaired) electrons. The van der Waals surface area contributed by atoms with Crippen molar-refractivity contribution in [1.29, 1.82) is 0 Å². The van der Waals surface area contributed by atoms with Crippen molar-refractivity contribution in [3.05, 3.63) is 92.8 Å². The van der Waals surface area contributed by atoms with Gasteiger partial charge in [-0.15, -0.1) is 0 Å². The first-order valence-corrected chi connectivity index (χ1v) is 11.6. The summed E-state index contributed by atoms with van der Waals surface area (Å²) in [6.07, 6.45) is 1.50. The van der Waals surface area contributed by atoms with Crippen LogP contribution in [0.2, 0.25) is 5.02 Å². The molecular weight excluding hydrogens is 508 g/mol. The van der Waals surface area contributed by atoms with E-state index in [1.807, 2.05) is 0 Å². The van der Waals surface area contributed by atoms with Crippen LogP contribution in [0.25, 0.3) is 16.0 Å². The molecule has 12 heteroatoms. The second-order valence-electron chi connectivity index (χ2n) is 7.68. The molecule has 1 fully saturated rings. The number of fused-ring (bicyclic) bond motifs is 1. The molecule has 1 amide bonds. The van der Waals surface area contributed by atoms with Crippen molar-refractivity contribution in [2.75, 3.05) is 12.0 Å². The number of Topliss-reactive ketones (excluding diaryl/α,β-unsaturated/α-hetero) is 1. The van der Waals surface area contributed by atoms with Crippen molar-refractivity contribution in [1.82, 2.24) is 9.97 Å². The minimum Gasteiger partial charge on any atom is -0.507 e. The predicted molar refractivity (Wildman–Crippen MR) is 133 cm³/mol. The maximum atomic E-state index is 13.3. The number of benzene rings is 2. The number of aromatic nitrogens is 2. The molecule has 4 aromatic rings. The molecule has 1 N–H and O–H groups in total. The number of hydrogen-bond acceptors (Lipinski definition) is 9. The van der Waals surface area contributed by atoms with E-state index in [0.29, 0.717) is 21.7 Å². The van der Waals surface area contributed by atoms with Gasteiger partial charge in [0.25, 0.3) is 11.5 Å². The molecule has 180 valence electrons. The Kier molecular flexibility index (Phi) is 5.86. The van der Waals surface area contributed by atoms with Crippen LogP contribution in [0.1, 0.15) is 17.3 Å². The summed E-state index contributed by atoms with van der Waals surface area (Å²) in [6.45, 7) is 0. The van der Waals surface area contributed by atoms with Gasteiger partial charge in [0.05, 0.1) is 38.5 Å². The predicted octanol–water partition coefficient (Wildman–Crippen LogP) is 4.89. The number of ether oxygens (including phenoxy) is 1. The number of carbonyl (C=O) groups excluding carboxylic acids is 2. The Morgan fingerprint density at radius 2 is 2.00 bits per heavy atom. The number of carbonyl (C=O) groups is 2. The highest BCUT2D eigenvalue weighted by Crippen LogP contribution is 2.45. The first-order valence-electron chi connectivity index (χ1n) is 10.4. The molecule has 1 atom stereocenters. The molecule has 2 aromatic heterocycles. The third-order valence-electron chi connectivity index (χ3n) is 5.62. The topological polar surface area (TPSA) is 136 Å². The van der Waals surface area contributed by atoms with Gasteiger partial charge in [0.15, 0.2) is 5.13 Å². The van der Waals surface area contributed by atoms with Gasteiger partial charge in [0, 0.05) is 23.9 Å². The van der Waals surface area contributed by atoms with Crippen LogP contribution in [0.3, 0.4) is 0 Å². The Morgan fingerprint density at radius 1 is 1.19 bits per heavy atom. The number of anilines is 1. The summed E-state index contributed by atoms with van der Waals surface area (Å²) in [5.74, 6) is -1.99. The highest BCUT2D eigenvalue weighted by molar-refractivity contribution is 7.22. The second-order valence-corrected chi connectivity index (χ2v) is 9.09. The lowest BCUT2D eigenvalue weighted by Gasteiger charge is -2.22. The number of aliphatic hydroxyl groups is 1. The van der Waals surface area contributed by atoms with Crippen LogP contribution < -0.4 is 9.64 Å². The quantitative estimate of drug-likeness (QED) is 0.129. The third-order valence-corrected chi connectivity index (χ3v) is 6.97. The summed E-state index contributed by atoms with van der Waals surface area (Å²) in [6, 6.07) is 12.5. The standard InChI is InChI=1S/C24H15ClN4O6S/c1-35-13-6-7-15(25)14(11-13)21(30)19-20(17-4-2-3-9-26-17)28(23(32)22(19)31)24-27-16-8-5-12(29(33)34)10-18(16)36-24/h2-11,20,30H,1H3/b21-19+. The van der Waals surface area contributed by atoms with Crippen molar-refractivity contribution in [2.24, 2.45) is 0 Å². The van der Waals surface area contributed by atoms with Gasteiger partial charge in [-0.1, -0.05) is 29.0 Å². The molecule has 0 saturated carbocycles. The summed E-state index contributed by atoms with van der Waals surface area (Å²) in [5.41, 5.74) is 0.475. The van der Waals surface area contributed by atoms with Gasteiger partial charge in [0.2, 0.25) is 0 Å². The molecule has 1 saturated heterocycles. The van der Waals surface area contributed by atoms with Crippen LogP contribution in [0.5, 0.6) is 5.75 Å². The Balaban J connectivity index is 1.72. The largest absolute Gasteiger partial charge is 0.507 e. The molecule has 1 unspecified atom stereocenters. The number of aliphatic hydroxyl groups excluding tert-OH is 1. The Bertz CT molecular complexity index is 1590. The number of hydrogen-bond donors (Lipinski definition) is 1. The monoisotopic (exact) mass is 522 g/mol. The van der Waals surface area contributed by atoms with E-state index in [1.54, 1.807) is 24.3 Å². The van der Waals surface area contributed by atoms with E-state index in [2.05, 4.69) is 9.97 Å². The average molecular weight is 523 g/mol. The van der Waals surface area contributed by atoms with E-state index in [9.17, 15) is 24.8 Å². The normalized spacial score (nSPS) is 17.1. The van der Waals surface area contributed by atoms with E-state index >= 15 is 0 Å². The van der Waals surface area contributed by atoms with Gasteiger partial charge < -0.3 is 9.84 Å². The molecule has 5 rings (SSSR count). The molecular formula is C24H15ClN4O6S. The summed E-state index contributed by atoms with van der Waals surface area (Å²) < 4.78 is 5.66. The maximum absolute atomic E-state index is 13.3. The molecule has 2 aromatic carbocycles.